The summed E-state index contributed by atoms with van der Waals surface area (Å²) in [6, 6.07) is 4.70. The molecule has 180 valence electrons. The SMILES string of the molecule is N#Cc1c(F)ccc2c1n(CCN1CCOCC1)c(=O)c1c(-c3nc(C4CCOC4)no3)ncn12. The van der Waals surface area contributed by atoms with Crippen LogP contribution in [0.3, 0.4) is 0 Å². The van der Waals surface area contributed by atoms with Crippen molar-refractivity contribution in [3.63, 3.8) is 0 Å². The van der Waals surface area contributed by atoms with Crippen LogP contribution in [0.15, 0.2) is 27.8 Å². The van der Waals surface area contributed by atoms with E-state index in [9.17, 15) is 14.4 Å². The Balaban J connectivity index is 1.52. The molecular weight excluding hydrogens is 457 g/mol. The third kappa shape index (κ3) is 3.68. The molecule has 2 aliphatic heterocycles. The molecular formula is C23H22FN7O4. The van der Waals surface area contributed by atoms with E-state index in [1.54, 1.807) is 10.5 Å². The molecule has 0 aliphatic carbocycles. The van der Waals surface area contributed by atoms with E-state index in [1.165, 1.54) is 17.0 Å². The van der Waals surface area contributed by atoms with Gasteiger partial charge in [0, 0.05) is 38.7 Å². The third-order valence-electron chi connectivity index (χ3n) is 6.64. The van der Waals surface area contributed by atoms with E-state index in [0.717, 1.165) is 19.5 Å². The van der Waals surface area contributed by atoms with Gasteiger partial charge in [-0.05, 0) is 18.6 Å². The van der Waals surface area contributed by atoms with Crippen molar-refractivity contribution >= 4 is 16.6 Å². The number of imidazole rings is 1. The van der Waals surface area contributed by atoms with Crippen LogP contribution in [0.1, 0.15) is 23.7 Å². The molecule has 0 bridgehead atoms. The highest BCUT2D eigenvalue weighted by molar-refractivity contribution is 5.87. The number of halogens is 1. The first kappa shape index (κ1) is 21.8. The predicted molar refractivity (Wildman–Crippen MR) is 120 cm³/mol. The summed E-state index contributed by atoms with van der Waals surface area (Å²) in [5.74, 6) is 0.00204. The van der Waals surface area contributed by atoms with Crippen molar-refractivity contribution in [1.82, 2.24) is 29.0 Å². The first-order valence-electron chi connectivity index (χ1n) is 11.5. The highest BCUT2D eigenvalue weighted by Crippen LogP contribution is 2.28. The predicted octanol–water partition coefficient (Wildman–Crippen LogP) is 1.55. The van der Waals surface area contributed by atoms with E-state index >= 15 is 0 Å². The Labute approximate surface area is 198 Å². The van der Waals surface area contributed by atoms with Gasteiger partial charge in [-0.25, -0.2) is 9.37 Å². The third-order valence-corrected chi connectivity index (χ3v) is 6.64. The lowest BCUT2D eigenvalue weighted by Crippen LogP contribution is -2.39. The van der Waals surface area contributed by atoms with Crippen LogP contribution in [0.4, 0.5) is 4.39 Å². The number of fused-ring (bicyclic) bond motifs is 3. The summed E-state index contributed by atoms with van der Waals surface area (Å²) in [5.41, 5.74) is 0.605. The molecule has 6 rings (SSSR count). The number of morpholine rings is 1. The second kappa shape index (κ2) is 8.84. The molecule has 2 saturated heterocycles. The fraction of sp³-hybridized carbons (Fsp3) is 0.435. The molecule has 0 saturated carbocycles. The minimum atomic E-state index is -0.681. The Hall–Kier alpha value is -3.66. The maximum atomic E-state index is 14.6. The van der Waals surface area contributed by atoms with Gasteiger partial charge in [-0.3, -0.25) is 14.1 Å². The van der Waals surface area contributed by atoms with Gasteiger partial charge in [0.1, 0.15) is 29.3 Å². The molecule has 2 fully saturated rings. The van der Waals surface area contributed by atoms with Crippen LogP contribution in [0.5, 0.6) is 0 Å². The fourth-order valence-electron chi connectivity index (χ4n) is 4.77. The first-order chi connectivity index (χ1) is 17.2. The van der Waals surface area contributed by atoms with Crippen molar-refractivity contribution < 1.29 is 18.4 Å². The van der Waals surface area contributed by atoms with Gasteiger partial charge in [0.15, 0.2) is 11.5 Å². The fourth-order valence-corrected chi connectivity index (χ4v) is 4.77. The van der Waals surface area contributed by atoms with Gasteiger partial charge in [0.05, 0.1) is 30.9 Å². The molecule has 2 aliphatic rings. The normalized spacial score (nSPS) is 19.0. The lowest BCUT2D eigenvalue weighted by atomic mass is 10.1. The molecule has 0 radical (unpaired) electrons. The molecule has 1 aromatic carbocycles. The Morgan fingerprint density at radius 1 is 1.14 bits per heavy atom. The van der Waals surface area contributed by atoms with Gasteiger partial charge in [0.25, 0.3) is 11.4 Å². The molecule has 5 heterocycles. The van der Waals surface area contributed by atoms with E-state index < -0.39 is 11.4 Å². The molecule has 4 aromatic rings. The average Bonchev–Trinajstić information content (AvgIpc) is 3.65. The molecule has 0 amide bonds. The first-order valence-corrected chi connectivity index (χ1v) is 11.5. The molecule has 0 N–H and O–H groups in total. The van der Waals surface area contributed by atoms with Gasteiger partial charge in [-0.2, -0.15) is 10.2 Å². The zero-order valence-electron chi connectivity index (χ0n) is 18.8. The van der Waals surface area contributed by atoms with Gasteiger partial charge in [-0.15, -0.1) is 0 Å². The lowest BCUT2D eigenvalue weighted by molar-refractivity contribution is 0.0364. The Morgan fingerprint density at radius 3 is 2.77 bits per heavy atom. The van der Waals surface area contributed by atoms with Crippen LogP contribution < -0.4 is 5.56 Å². The number of hydrogen-bond acceptors (Lipinski definition) is 9. The Bertz CT molecular complexity index is 1510. The topological polar surface area (TPSA) is 124 Å². The van der Waals surface area contributed by atoms with Crippen LogP contribution in [0, 0.1) is 17.1 Å². The summed E-state index contributed by atoms with van der Waals surface area (Å²) in [5, 5.41) is 13.8. The summed E-state index contributed by atoms with van der Waals surface area (Å²) < 4.78 is 33.9. The largest absolute Gasteiger partial charge is 0.381 e. The van der Waals surface area contributed by atoms with Crippen LogP contribution in [0.2, 0.25) is 0 Å². The zero-order valence-corrected chi connectivity index (χ0v) is 18.8. The van der Waals surface area contributed by atoms with E-state index in [1.807, 2.05) is 6.07 Å². The Morgan fingerprint density at radius 2 is 2.00 bits per heavy atom. The maximum Gasteiger partial charge on any atom is 0.278 e. The van der Waals surface area contributed by atoms with Crippen LogP contribution >= 0.6 is 0 Å². The second-order valence-corrected chi connectivity index (χ2v) is 8.64. The van der Waals surface area contributed by atoms with E-state index in [-0.39, 0.29) is 40.6 Å². The molecule has 35 heavy (non-hydrogen) atoms. The quantitative estimate of drug-likeness (QED) is 0.419. The number of ether oxygens (including phenoxy) is 2. The van der Waals surface area contributed by atoms with Gasteiger partial charge in [0.2, 0.25) is 0 Å². The maximum absolute atomic E-state index is 14.6. The molecule has 11 nitrogen and oxygen atoms in total. The van der Waals surface area contributed by atoms with E-state index in [0.29, 0.717) is 44.3 Å². The molecule has 1 atom stereocenters. The zero-order chi connectivity index (χ0) is 23.9. The van der Waals surface area contributed by atoms with Gasteiger partial charge in [-0.1, -0.05) is 5.16 Å². The summed E-state index contributed by atoms with van der Waals surface area (Å²) >= 11 is 0. The summed E-state index contributed by atoms with van der Waals surface area (Å²) in [6.45, 7) is 4.68. The standard InChI is InChI=1S/C23H22FN7O4/c24-16-1-2-17-19(15(16)11-25)30(5-4-29-6-9-33-10-7-29)23(32)20-18(26-13-31(17)20)22-27-21(28-35-22)14-3-8-34-12-14/h1-2,13-14H,3-10,12H2. The Kier molecular flexibility index (Phi) is 5.52. The number of nitriles is 1. The number of benzene rings is 1. The van der Waals surface area contributed by atoms with Crippen LogP contribution in [0.25, 0.3) is 28.1 Å². The van der Waals surface area contributed by atoms with E-state index in [2.05, 4.69) is 20.0 Å². The van der Waals surface area contributed by atoms with Crippen molar-refractivity contribution in [3.8, 4) is 17.7 Å². The number of hydrogen-bond donors (Lipinski definition) is 0. The molecule has 0 spiro atoms. The van der Waals surface area contributed by atoms with E-state index in [4.69, 9.17) is 14.0 Å². The van der Waals surface area contributed by atoms with Crippen molar-refractivity contribution in [2.45, 2.75) is 18.9 Å². The van der Waals surface area contributed by atoms with Crippen molar-refractivity contribution in [3.05, 3.63) is 46.0 Å². The minimum absolute atomic E-state index is 0.0357. The molecule has 3 aromatic heterocycles. The number of nitrogens with zero attached hydrogens (tertiary/aromatic N) is 7. The van der Waals surface area contributed by atoms with Gasteiger partial charge >= 0.3 is 0 Å². The van der Waals surface area contributed by atoms with Crippen molar-refractivity contribution in [2.24, 2.45) is 0 Å². The van der Waals surface area contributed by atoms with Crippen molar-refractivity contribution in [2.75, 3.05) is 46.1 Å². The van der Waals surface area contributed by atoms with Crippen LogP contribution in [-0.4, -0.2) is 75.1 Å². The second-order valence-electron chi connectivity index (χ2n) is 8.64. The average molecular weight is 479 g/mol. The van der Waals surface area contributed by atoms with Crippen LogP contribution in [-0.2, 0) is 16.0 Å². The lowest BCUT2D eigenvalue weighted by Gasteiger charge is -2.27. The molecule has 1 unspecified atom stereocenters. The summed E-state index contributed by atoms with van der Waals surface area (Å²) in [6.07, 6.45) is 2.26. The highest BCUT2D eigenvalue weighted by Gasteiger charge is 2.27. The number of aromatic nitrogens is 5. The molecule has 12 heteroatoms. The van der Waals surface area contributed by atoms with Gasteiger partial charge < -0.3 is 18.6 Å². The minimum Gasteiger partial charge on any atom is -0.381 e. The summed E-state index contributed by atoms with van der Waals surface area (Å²) in [7, 11) is 0. The highest BCUT2D eigenvalue weighted by atomic mass is 19.1. The number of rotatable bonds is 5. The monoisotopic (exact) mass is 479 g/mol. The smallest absolute Gasteiger partial charge is 0.278 e. The summed E-state index contributed by atoms with van der Waals surface area (Å²) in [4.78, 5) is 24.9. The van der Waals surface area contributed by atoms with Crippen molar-refractivity contribution in [1.29, 1.82) is 5.26 Å².